The maximum atomic E-state index is 5.75. The van der Waals surface area contributed by atoms with E-state index in [4.69, 9.17) is 11.6 Å². The van der Waals surface area contributed by atoms with Crippen LogP contribution in [0.25, 0.3) is 0 Å². The third-order valence-corrected chi connectivity index (χ3v) is 2.81. The van der Waals surface area contributed by atoms with Gasteiger partial charge in [-0.15, -0.1) is 10.2 Å². The number of hydrogen-bond donors (Lipinski definition) is 0. The van der Waals surface area contributed by atoms with Gasteiger partial charge in [-0.25, -0.2) is 9.97 Å². The zero-order valence-corrected chi connectivity index (χ0v) is 9.75. The summed E-state index contributed by atoms with van der Waals surface area (Å²) >= 11 is 7.15. The summed E-state index contributed by atoms with van der Waals surface area (Å²) in [5.74, 6) is 0. The summed E-state index contributed by atoms with van der Waals surface area (Å²) in [4.78, 5) is 8.07. The highest BCUT2D eigenvalue weighted by atomic mass is 35.5. The highest BCUT2D eigenvalue weighted by molar-refractivity contribution is 7.99. The Labute approximate surface area is 95.9 Å². The van der Waals surface area contributed by atoms with Gasteiger partial charge in [0.2, 0.25) is 5.28 Å². The van der Waals surface area contributed by atoms with E-state index in [2.05, 4.69) is 20.2 Å². The van der Waals surface area contributed by atoms with Crippen LogP contribution in [0.5, 0.6) is 0 Å². The molecule has 0 spiro atoms. The molecule has 0 fully saturated rings. The topological polar surface area (TPSA) is 56.5 Å². The molecule has 0 bridgehead atoms. The molecule has 15 heavy (non-hydrogen) atoms. The van der Waals surface area contributed by atoms with E-state index in [1.165, 1.54) is 11.8 Å². The Balaban J connectivity index is 2.28. The van der Waals surface area contributed by atoms with E-state index >= 15 is 0 Å². The maximum Gasteiger partial charge on any atom is 0.223 e. The SMILES string of the molecule is Cc1cc(Sc2nncn2C)nc(Cl)n1. The molecular weight excluding hydrogens is 234 g/mol. The molecule has 0 saturated carbocycles. The Morgan fingerprint density at radius 2 is 2.20 bits per heavy atom. The average Bonchev–Trinajstić information content (AvgIpc) is 2.50. The summed E-state index contributed by atoms with van der Waals surface area (Å²) < 4.78 is 1.82. The predicted molar refractivity (Wildman–Crippen MR) is 56.9 cm³/mol. The quantitative estimate of drug-likeness (QED) is 0.592. The van der Waals surface area contributed by atoms with Crippen molar-refractivity contribution in [3.8, 4) is 0 Å². The lowest BCUT2D eigenvalue weighted by molar-refractivity contribution is 0.786. The number of halogens is 1. The van der Waals surface area contributed by atoms with Gasteiger partial charge >= 0.3 is 0 Å². The average molecular weight is 242 g/mol. The summed E-state index contributed by atoms with van der Waals surface area (Å²) in [7, 11) is 1.87. The first-order valence-corrected chi connectivity index (χ1v) is 5.37. The molecule has 2 heterocycles. The number of hydrogen-bond acceptors (Lipinski definition) is 5. The van der Waals surface area contributed by atoms with E-state index in [0.29, 0.717) is 0 Å². The van der Waals surface area contributed by atoms with Gasteiger partial charge in [-0.1, -0.05) is 0 Å². The molecule has 0 saturated heterocycles. The van der Waals surface area contributed by atoms with E-state index in [1.807, 2.05) is 24.6 Å². The van der Waals surface area contributed by atoms with Gasteiger partial charge in [0, 0.05) is 12.7 Å². The molecule has 5 nitrogen and oxygen atoms in total. The van der Waals surface area contributed by atoms with Gasteiger partial charge in [0.15, 0.2) is 5.16 Å². The third-order valence-electron chi connectivity index (χ3n) is 1.67. The van der Waals surface area contributed by atoms with Crippen LogP contribution in [0.1, 0.15) is 5.69 Å². The van der Waals surface area contributed by atoms with Crippen LogP contribution in [0.2, 0.25) is 5.28 Å². The van der Waals surface area contributed by atoms with Crippen molar-refractivity contribution in [1.82, 2.24) is 24.7 Å². The lowest BCUT2D eigenvalue weighted by Crippen LogP contribution is -1.92. The fourth-order valence-electron chi connectivity index (χ4n) is 1.02. The van der Waals surface area contributed by atoms with Crippen molar-refractivity contribution >= 4 is 23.4 Å². The molecule has 0 radical (unpaired) electrons. The molecule has 0 N–H and O–H groups in total. The van der Waals surface area contributed by atoms with Crippen LogP contribution in [0.4, 0.5) is 0 Å². The standard InChI is InChI=1S/C8H8ClN5S/c1-5-3-6(12-7(9)11-5)15-8-13-10-4-14(8)2/h3-4H,1-2H3. The number of aryl methyl sites for hydroxylation is 2. The molecule has 0 aliphatic rings. The maximum absolute atomic E-state index is 5.75. The Hall–Kier alpha value is -1.14. The molecule has 2 aromatic rings. The van der Waals surface area contributed by atoms with Gasteiger partial charge in [-0.3, -0.25) is 0 Å². The highest BCUT2D eigenvalue weighted by Crippen LogP contribution is 2.24. The minimum atomic E-state index is 0.250. The van der Waals surface area contributed by atoms with Crippen LogP contribution in [-0.4, -0.2) is 24.7 Å². The van der Waals surface area contributed by atoms with Crippen molar-refractivity contribution in [1.29, 1.82) is 0 Å². The zero-order chi connectivity index (χ0) is 10.8. The van der Waals surface area contributed by atoms with E-state index in [-0.39, 0.29) is 5.28 Å². The van der Waals surface area contributed by atoms with E-state index < -0.39 is 0 Å². The van der Waals surface area contributed by atoms with Crippen molar-refractivity contribution in [2.45, 2.75) is 17.1 Å². The monoisotopic (exact) mass is 241 g/mol. The summed E-state index contributed by atoms with van der Waals surface area (Å²) in [6.45, 7) is 1.87. The molecule has 0 aliphatic heterocycles. The number of rotatable bonds is 2. The third kappa shape index (κ3) is 2.45. The van der Waals surface area contributed by atoms with Gasteiger partial charge in [0.05, 0.1) is 0 Å². The second kappa shape index (κ2) is 4.16. The van der Waals surface area contributed by atoms with Crippen molar-refractivity contribution < 1.29 is 0 Å². The second-order valence-electron chi connectivity index (χ2n) is 2.94. The number of aromatic nitrogens is 5. The molecular formula is C8H8ClN5S. The van der Waals surface area contributed by atoms with Gasteiger partial charge in [-0.2, -0.15) is 0 Å². The highest BCUT2D eigenvalue weighted by Gasteiger charge is 2.06. The Morgan fingerprint density at radius 1 is 1.40 bits per heavy atom. The van der Waals surface area contributed by atoms with Crippen LogP contribution >= 0.6 is 23.4 Å². The normalized spacial score (nSPS) is 10.6. The van der Waals surface area contributed by atoms with E-state index in [1.54, 1.807) is 6.33 Å². The molecule has 0 aliphatic carbocycles. The van der Waals surface area contributed by atoms with Gasteiger partial charge < -0.3 is 4.57 Å². The van der Waals surface area contributed by atoms with Crippen molar-refractivity contribution in [2.24, 2.45) is 7.05 Å². The summed E-state index contributed by atoms with van der Waals surface area (Å²) in [6.07, 6.45) is 1.64. The second-order valence-corrected chi connectivity index (χ2v) is 4.27. The summed E-state index contributed by atoms with van der Waals surface area (Å²) in [5.41, 5.74) is 0.833. The molecule has 0 unspecified atom stereocenters. The lowest BCUT2D eigenvalue weighted by Gasteiger charge is -2.00. The first-order valence-electron chi connectivity index (χ1n) is 4.18. The molecule has 0 atom stereocenters. The predicted octanol–water partition coefficient (Wildman–Crippen LogP) is 1.72. The molecule has 7 heteroatoms. The van der Waals surface area contributed by atoms with Crippen LogP contribution in [0.15, 0.2) is 22.6 Å². The van der Waals surface area contributed by atoms with Crippen LogP contribution in [0, 0.1) is 6.92 Å². The van der Waals surface area contributed by atoms with Crippen LogP contribution in [-0.2, 0) is 7.05 Å². The summed E-state index contributed by atoms with van der Waals surface area (Å²) in [5, 5.41) is 9.51. The Morgan fingerprint density at radius 3 is 2.80 bits per heavy atom. The van der Waals surface area contributed by atoms with Crippen LogP contribution in [0.3, 0.4) is 0 Å². The summed E-state index contributed by atoms with van der Waals surface area (Å²) in [6, 6.07) is 1.85. The Bertz CT molecular complexity index is 463. The van der Waals surface area contributed by atoms with Crippen LogP contribution < -0.4 is 0 Å². The molecule has 0 amide bonds. The van der Waals surface area contributed by atoms with Crippen molar-refractivity contribution in [3.05, 3.63) is 23.4 Å². The molecule has 0 aromatic carbocycles. The minimum absolute atomic E-state index is 0.250. The van der Waals surface area contributed by atoms with Gasteiger partial charge in [0.25, 0.3) is 0 Å². The molecule has 2 aromatic heterocycles. The van der Waals surface area contributed by atoms with Gasteiger partial charge in [0.1, 0.15) is 11.4 Å². The van der Waals surface area contributed by atoms with Gasteiger partial charge in [-0.05, 0) is 36.4 Å². The Kier molecular flexibility index (Phi) is 2.88. The smallest absolute Gasteiger partial charge is 0.223 e. The van der Waals surface area contributed by atoms with E-state index in [9.17, 15) is 0 Å². The number of nitrogens with zero attached hydrogens (tertiary/aromatic N) is 5. The fraction of sp³-hybridized carbons (Fsp3) is 0.250. The van der Waals surface area contributed by atoms with Crippen molar-refractivity contribution in [2.75, 3.05) is 0 Å². The molecule has 78 valence electrons. The fourth-order valence-corrected chi connectivity index (χ4v) is 2.12. The van der Waals surface area contributed by atoms with E-state index in [0.717, 1.165) is 15.9 Å². The largest absolute Gasteiger partial charge is 0.311 e. The molecule has 2 rings (SSSR count). The zero-order valence-electron chi connectivity index (χ0n) is 8.18. The minimum Gasteiger partial charge on any atom is -0.311 e. The first-order chi connectivity index (χ1) is 7.15. The lowest BCUT2D eigenvalue weighted by atomic mass is 10.5. The first kappa shape index (κ1) is 10.4. The van der Waals surface area contributed by atoms with Crippen molar-refractivity contribution in [3.63, 3.8) is 0 Å².